The third-order valence-corrected chi connectivity index (χ3v) is 3.05. The third-order valence-electron chi connectivity index (χ3n) is 3.05. The first-order chi connectivity index (χ1) is 11.1. The molecule has 0 spiro atoms. The SMILES string of the molecule is COC(=O)c1ccc(NC(=O)CCOc2cccc(N)c2)cc1. The van der Waals surface area contributed by atoms with E-state index in [0.29, 0.717) is 22.7 Å². The first-order valence-corrected chi connectivity index (χ1v) is 7.05. The van der Waals surface area contributed by atoms with Crippen LogP contribution in [0.5, 0.6) is 5.75 Å². The number of carbonyl (C=O) groups is 2. The van der Waals surface area contributed by atoms with Crippen molar-refractivity contribution in [2.75, 3.05) is 24.8 Å². The molecule has 6 heteroatoms. The first kappa shape index (κ1) is 16.4. The van der Waals surface area contributed by atoms with Crippen molar-refractivity contribution in [1.82, 2.24) is 0 Å². The molecule has 0 aromatic heterocycles. The molecule has 0 unspecified atom stereocenters. The minimum Gasteiger partial charge on any atom is -0.493 e. The average molecular weight is 314 g/mol. The number of esters is 1. The van der Waals surface area contributed by atoms with E-state index in [1.165, 1.54) is 7.11 Å². The van der Waals surface area contributed by atoms with Gasteiger partial charge in [-0.2, -0.15) is 0 Å². The monoisotopic (exact) mass is 314 g/mol. The molecule has 0 fully saturated rings. The number of hydrogen-bond donors (Lipinski definition) is 2. The number of hydrogen-bond acceptors (Lipinski definition) is 5. The molecule has 3 N–H and O–H groups in total. The van der Waals surface area contributed by atoms with Crippen LogP contribution in [0.25, 0.3) is 0 Å². The topological polar surface area (TPSA) is 90.6 Å². The van der Waals surface area contributed by atoms with Gasteiger partial charge in [-0.05, 0) is 36.4 Å². The Hall–Kier alpha value is -3.02. The molecular formula is C17H18N2O4. The van der Waals surface area contributed by atoms with Gasteiger partial charge in [-0.3, -0.25) is 4.79 Å². The normalized spacial score (nSPS) is 9.96. The average Bonchev–Trinajstić information content (AvgIpc) is 2.55. The van der Waals surface area contributed by atoms with Crippen LogP contribution >= 0.6 is 0 Å². The smallest absolute Gasteiger partial charge is 0.337 e. The number of benzene rings is 2. The maximum atomic E-state index is 11.8. The lowest BCUT2D eigenvalue weighted by Crippen LogP contribution is -2.15. The summed E-state index contributed by atoms with van der Waals surface area (Å²) < 4.78 is 10.1. The number of amides is 1. The highest BCUT2D eigenvalue weighted by Crippen LogP contribution is 2.15. The second kappa shape index (κ2) is 7.84. The largest absolute Gasteiger partial charge is 0.493 e. The van der Waals surface area contributed by atoms with E-state index in [-0.39, 0.29) is 18.9 Å². The molecule has 1 amide bonds. The minimum atomic E-state index is -0.418. The van der Waals surface area contributed by atoms with Gasteiger partial charge in [0, 0.05) is 17.4 Å². The molecule has 0 radical (unpaired) electrons. The van der Waals surface area contributed by atoms with Gasteiger partial charge in [0.1, 0.15) is 5.75 Å². The van der Waals surface area contributed by atoms with Gasteiger partial charge in [0.25, 0.3) is 0 Å². The lowest BCUT2D eigenvalue weighted by Gasteiger charge is -2.08. The Morgan fingerprint density at radius 2 is 1.87 bits per heavy atom. The van der Waals surface area contributed by atoms with Crippen molar-refractivity contribution in [3.63, 3.8) is 0 Å². The molecule has 0 saturated heterocycles. The van der Waals surface area contributed by atoms with Crippen LogP contribution in [0.1, 0.15) is 16.8 Å². The van der Waals surface area contributed by atoms with E-state index in [9.17, 15) is 9.59 Å². The summed E-state index contributed by atoms with van der Waals surface area (Å²) in [6, 6.07) is 13.5. The fourth-order valence-corrected chi connectivity index (χ4v) is 1.90. The predicted octanol–water partition coefficient (Wildman–Crippen LogP) is 2.46. The van der Waals surface area contributed by atoms with Gasteiger partial charge in [-0.25, -0.2) is 4.79 Å². The second-order valence-corrected chi connectivity index (χ2v) is 4.79. The van der Waals surface area contributed by atoms with Crippen LogP contribution in [0, 0.1) is 0 Å². The molecule has 2 aromatic carbocycles. The van der Waals surface area contributed by atoms with E-state index in [1.807, 2.05) is 0 Å². The molecule has 0 atom stereocenters. The molecular weight excluding hydrogens is 296 g/mol. The van der Waals surface area contributed by atoms with Gasteiger partial charge in [0.15, 0.2) is 0 Å². The van der Waals surface area contributed by atoms with E-state index in [1.54, 1.807) is 48.5 Å². The van der Waals surface area contributed by atoms with Crippen molar-refractivity contribution in [3.05, 3.63) is 54.1 Å². The van der Waals surface area contributed by atoms with Crippen LogP contribution in [0.3, 0.4) is 0 Å². The van der Waals surface area contributed by atoms with Gasteiger partial charge in [0.2, 0.25) is 5.91 Å². The molecule has 120 valence electrons. The molecule has 2 rings (SSSR count). The van der Waals surface area contributed by atoms with Gasteiger partial charge >= 0.3 is 5.97 Å². The molecule has 0 aliphatic carbocycles. The zero-order valence-electron chi connectivity index (χ0n) is 12.7. The highest BCUT2D eigenvalue weighted by atomic mass is 16.5. The summed E-state index contributed by atoms with van der Waals surface area (Å²) in [5, 5.41) is 2.73. The first-order valence-electron chi connectivity index (χ1n) is 7.05. The van der Waals surface area contributed by atoms with Gasteiger partial charge in [-0.1, -0.05) is 6.07 Å². The Kier molecular flexibility index (Phi) is 5.57. The van der Waals surface area contributed by atoms with Crippen molar-refractivity contribution in [1.29, 1.82) is 0 Å². The maximum absolute atomic E-state index is 11.8. The number of ether oxygens (including phenoxy) is 2. The molecule has 0 aliphatic rings. The molecule has 0 bridgehead atoms. The second-order valence-electron chi connectivity index (χ2n) is 4.79. The van der Waals surface area contributed by atoms with Crippen molar-refractivity contribution in [2.45, 2.75) is 6.42 Å². The summed E-state index contributed by atoms with van der Waals surface area (Å²) >= 11 is 0. The number of anilines is 2. The summed E-state index contributed by atoms with van der Waals surface area (Å²) in [6.45, 7) is 0.246. The molecule has 0 saturated carbocycles. The van der Waals surface area contributed by atoms with E-state index in [4.69, 9.17) is 10.5 Å². The van der Waals surface area contributed by atoms with Crippen molar-refractivity contribution < 1.29 is 19.1 Å². The Morgan fingerprint density at radius 3 is 2.52 bits per heavy atom. The quantitative estimate of drug-likeness (QED) is 0.631. The molecule has 23 heavy (non-hydrogen) atoms. The summed E-state index contributed by atoms with van der Waals surface area (Å²) in [7, 11) is 1.32. The van der Waals surface area contributed by atoms with Crippen molar-refractivity contribution in [2.24, 2.45) is 0 Å². The fraction of sp³-hybridized carbons (Fsp3) is 0.176. The number of nitrogen functional groups attached to an aromatic ring is 1. The minimum absolute atomic E-state index is 0.181. The van der Waals surface area contributed by atoms with Crippen LogP contribution in [-0.2, 0) is 9.53 Å². The molecule has 0 heterocycles. The summed E-state index contributed by atoms with van der Waals surface area (Å²) in [4.78, 5) is 23.1. The Balaban J connectivity index is 1.79. The van der Waals surface area contributed by atoms with E-state index >= 15 is 0 Å². The standard InChI is InChI=1S/C17H18N2O4/c1-22-17(21)12-5-7-14(8-6-12)19-16(20)9-10-23-15-4-2-3-13(18)11-15/h2-8,11H,9-10,18H2,1H3,(H,19,20). The summed E-state index contributed by atoms with van der Waals surface area (Å²) in [5.41, 5.74) is 7.28. The molecule has 6 nitrogen and oxygen atoms in total. The number of methoxy groups -OCH3 is 1. The van der Waals surface area contributed by atoms with Crippen LogP contribution in [0.4, 0.5) is 11.4 Å². The predicted molar refractivity (Wildman–Crippen MR) is 87.4 cm³/mol. The van der Waals surface area contributed by atoms with E-state index in [2.05, 4.69) is 10.1 Å². The van der Waals surface area contributed by atoms with Crippen LogP contribution < -0.4 is 15.8 Å². The van der Waals surface area contributed by atoms with Crippen molar-refractivity contribution >= 4 is 23.3 Å². The highest BCUT2D eigenvalue weighted by Gasteiger charge is 2.06. The van der Waals surface area contributed by atoms with Gasteiger partial charge in [0.05, 0.1) is 25.7 Å². The Bertz CT molecular complexity index is 683. The summed E-state index contributed by atoms with van der Waals surface area (Å²) in [5.74, 6) is 0.0263. The van der Waals surface area contributed by atoms with Gasteiger partial charge in [-0.15, -0.1) is 0 Å². The Morgan fingerprint density at radius 1 is 1.13 bits per heavy atom. The van der Waals surface area contributed by atoms with E-state index < -0.39 is 5.97 Å². The van der Waals surface area contributed by atoms with Crippen LogP contribution in [0.15, 0.2) is 48.5 Å². The van der Waals surface area contributed by atoms with Crippen LogP contribution in [0.2, 0.25) is 0 Å². The Labute approximate surface area is 134 Å². The molecule has 2 aromatic rings. The lowest BCUT2D eigenvalue weighted by molar-refractivity contribution is -0.116. The zero-order valence-corrected chi connectivity index (χ0v) is 12.7. The highest BCUT2D eigenvalue weighted by molar-refractivity contribution is 5.93. The zero-order chi connectivity index (χ0) is 16.7. The lowest BCUT2D eigenvalue weighted by atomic mass is 10.2. The van der Waals surface area contributed by atoms with Crippen LogP contribution in [-0.4, -0.2) is 25.6 Å². The number of rotatable bonds is 6. The fourth-order valence-electron chi connectivity index (χ4n) is 1.90. The van der Waals surface area contributed by atoms with Gasteiger partial charge < -0.3 is 20.5 Å². The van der Waals surface area contributed by atoms with Crippen molar-refractivity contribution in [3.8, 4) is 5.75 Å². The summed E-state index contributed by atoms with van der Waals surface area (Å²) in [6.07, 6.45) is 0.202. The number of nitrogens with one attached hydrogen (secondary N) is 1. The van der Waals surface area contributed by atoms with E-state index in [0.717, 1.165) is 0 Å². The maximum Gasteiger partial charge on any atom is 0.337 e. The number of nitrogens with two attached hydrogens (primary N) is 1. The number of carbonyl (C=O) groups excluding carboxylic acids is 2. The molecule has 0 aliphatic heterocycles. The third kappa shape index (κ3) is 5.03.